The second-order valence-electron chi connectivity index (χ2n) is 6.02. The van der Waals surface area contributed by atoms with Crippen molar-refractivity contribution in [3.8, 4) is 17.1 Å². The van der Waals surface area contributed by atoms with E-state index in [1.807, 2.05) is 42.5 Å². The van der Waals surface area contributed by atoms with Crippen molar-refractivity contribution in [3.05, 3.63) is 82.3 Å². The Morgan fingerprint density at radius 3 is 2.68 bits per heavy atom. The molecule has 3 nitrogen and oxygen atoms in total. The fraction of sp³-hybridized carbons (Fsp3) is 0.0952. The molecule has 25 heavy (non-hydrogen) atoms. The molecule has 0 saturated heterocycles. The van der Waals surface area contributed by atoms with Crippen LogP contribution in [0.5, 0.6) is 5.75 Å². The number of aromatic amines is 1. The Bertz CT molecular complexity index is 1020. The van der Waals surface area contributed by atoms with Gasteiger partial charge in [0.2, 0.25) is 0 Å². The van der Waals surface area contributed by atoms with Crippen LogP contribution in [-0.2, 0) is 6.61 Å². The number of H-pyrrole nitrogens is 1. The van der Waals surface area contributed by atoms with Crippen LogP contribution < -0.4 is 4.74 Å². The first-order valence-corrected chi connectivity index (χ1v) is 8.91. The normalized spacial score (nSPS) is 11.0. The van der Waals surface area contributed by atoms with Crippen molar-refractivity contribution in [2.75, 3.05) is 0 Å². The molecule has 1 N–H and O–H groups in total. The number of aryl methyl sites for hydroxylation is 1. The molecule has 0 saturated carbocycles. The summed E-state index contributed by atoms with van der Waals surface area (Å²) in [7, 11) is 0. The summed E-state index contributed by atoms with van der Waals surface area (Å²) in [4.78, 5) is 8.13. The van der Waals surface area contributed by atoms with Gasteiger partial charge in [0.05, 0.1) is 16.6 Å². The van der Waals surface area contributed by atoms with E-state index < -0.39 is 0 Å². The van der Waals surface area contributed by atoms with Gasteiger partial charge >= 0.3 is 0 Å². The van der Waals surface area contributed by atoms with Crippen LogP contribution in [0.25, 0.3) is 22.4 Å². The van der Waals surface area contributed by atoms with Gasteiger partial charge in [0.15, 0.2) is 0 Å². The van der Waals surface area contributed by atoms with E-state index >= 15 is 0 Å². The molecule has 0 amide bonds. The lowest BCUT2D eigenvalue weighted by atomic mass is 10.2. The monoisotopic (exact) mass is 392 g/mol. The van der Waals surface area contributed by atoms with Gasteiger partial charge in [-0.1, -0.05) is 52.3 Å². The molecule has 0 aliphatic heterocycles. The van der Waals surface area contributed by atoms with Gasteiger partial charge in [-0.25, -0.2) is 4.98 Å². The van der Waals surface area contributed by atoms with Crippen molar-refractivity contribution in [2.45, 2.75) is 13.5 Å². The Morgan fingerprint density at radius 2 is 1.84 bits per heavy atom. The van der Waals surface area contributed by atoms with E-state index in [-0.39, 0.29) is 0 Å². The summed E-state index contributed by atoms with van der Waals surface area (Å²) < 4.78 is 7.06. The summed E-state index contributed by atoms with van der Waals surface area (Å²) in [6.45, 7) is 2.60. The second kappa shape index (κ2) is 6.73. The molecule has 0 bridgehead atoms. The van der Waals surface area contributed by atoms with E-state index in [0.29, 0.717) is 6.61 Å². The van der Waals surface area contributed by atoms with Crippen molar-refractivity contribution >= 4 is 27.0 Å². The number of nitrogens with zero attached hydrogens (tertiary/aromatic N) is 1. The Balaban J connectivity index is 1.71. The highest BCUT2D eigenvalue weighted by Crippen LogP contribution is 2.33. The summed E-state index contributed by atoms with van der Waals surface area (Å²) in [6.07, 6.45) is 0. The molecule has 124 valence electrons. The first-order chi connectivity index (χ1) is 12.2. The minimum absolute atomic E-state index is 0.523. The van der Waals surface area contributed by atoms with Crippen LogP contribution in [-0.4, -0.2) is 9.97 Å². The van der Waals surface area contributed by atoms with E-state index in [1.165, 1.54) is 5.56 Å². The van der Waals surface area contributed by atoms with Gasteiger partial charge < -0.3 is 9.72 Å². The summed E-state index contributed by atoms with van der Waals surface area (Å²) in [5, 5.41) is 0. The lowest BCUT2D eigenvalue weighted by Crippen LogP contribution is -1.97. The number of hydrogen-bond donors (Lipinski definition) is 1. The molecule has 3 aromatic carbocycles. The second-order valence-corrected chi connectivity index (χ2v) is 6.94. The fourth-order valence-corrected chi connectivity index (χ4v) is 3.16. The lowest BCUT2D eigenvalue weighted by Gasteiger charge is -2.11. The third-order valence-corrected chi connectivity index (χ3v) is 4.56. The number of aromatic nitrogens is 2. The van der Waals surface area contributed by atoms with E-state index in [2.05, 4.69) is 52.1 Å². The molecule has 1 heterocycles. The van der Waals surface area contributed by atoms with E-state index in [4.69, 9.17) is 9.72 Å². The zero-order chi connectivity index (χ0) is 17.2. The van der Waals surface area contributed by atoms with Crippen LogP contribution in [0.3, 0.4) is 0 Å². The Kier molecular flexibility index (Phi) is 4.28. The number of hydrogen-bond acceptors (Lipinski definition) is 2. The summed E-state index contributed by atoms with van der Waals surface area (Å²) in [6, 6.07) is 22.4. The maximum absolute atomic E-state index is 6.07. The quantitative estimate of drug-likeness (QED) is 0.470. The van der Waals surface area contributed by atoms with Gasteiger partial charge in [-0.3, -0.25) is 0 Å². The first kappa shape index (κ1) is 15.9. The topological polar surface area (TPSA) is 37.9 Å². The summed E-state index contributed by atoms with van der Waals surface area (Å²) in [5.74, 6) is 1.62. The Labute approximate surface area is 154 Å². The number of imidazole rings is 1. The molecule has 0 spiro atoms. The minimum Gasteiger partial charge on any atom is -0.488 e. The van der Waals surface area contributed by atoms with Crippen molar-refractivity contribution in [1.82, 2.24) is 9.97 Å². The van der Waals surface area contributed by atoms with Gasteiger partial charge in [0, 0.05) is 4.47 Å². The summed E-state index contributed by atoms with van der Waals surface area (Å²) in [5.41, 5.74) is 5.27. The zero-order valence-electron chi connectivity index (χ0n) is 13.8. The molecule has 0 aliphatic carbocycles. The van der Waals surface area contributed by atoms with Crippen molar-refractivity contribution in [1.29, 1.82) is 0 Å². The van der Waals surface area contributed by atoms with Crippen LogP contribution >= 0.6 is 15.9 Å². The number of benzene rings is 3. The largest absolute Gasteiger partial charge is 0.488 e. The molecule has 4 aromatic rings. The number of fused-ring (bicyclic) bond motifs is 1. The predicted molar refractivity (Wildman–Crippen MR) is 105 cm³/mol. The molecule has 1 aromatic heterocycles. The highest BCUT2D eigenvalue weighted by molar-refractivity contribution is 9.10. The predicted octanol–water partition coefficient (Wildman–Crippen LogP) is 5.88. The maximum atomic E-state index is 6.07. The van der Waals surface area contributed by atoms with E-state index in [1.54, 1.807) is 0 Å². The smallest absolute Gasteiger partial charge is 0.142 e. The fourth-order valence-electron chi connectivity index (χ4n) is 2.80. The Hall–Kier alpha value is -2.59. The lowest BCUT2D eigenvalue weighted by molar-refractivity contribution is 0.307. The third kappa shape index (κ3) is 3.44. The zero-order valence-corrected chi connectivity index (χ0v) is 15.4. The molecule has 0 atom stereocenters. The van der Waals surface area contributed by atoms with Crippen molar-refractivity contribution < 1.29 is 4.74 Å². The van der Waals surface area contributed by atoms with Crippen molar-refractivity contribution in [2.24, 2.45) is 0 Å². The molecule has 0 unspecified atom stereocenters. The molecule has 4 heteroatoms. The van der Waals surface area contributed by atoms with Gasteiger partial charge in [0.25, 0.3) is 0 Å². The number of halogens is 1. The maximum Gasteiger partial charge on any atom is 0.142 e. The van der Waals surface area contributed by atoms with Crippen LogP contribution in [0.2, 0.25) is 0 Å². The molecular formula is C21H17BrN2O. The molecule has 0 radical (unpaired) electrons. The summed E-state index contributed by atoms with van der Waals surface area (Å²) >= 11 is 3.55. The number of ether oxygens (including phenoxy) is 1. The van der Waals surface area contributed by atoms with Crippen LogP contribution in [0.15, 0.2) is 71.2 Å². The highest BCUT2D eigenvalue weighted by Gasteiger charge is 2.12. The molecule has 4 rings (SSSR count). The average Bonchev–Trinajstić information content (AvgIpc) is 3.04. The first-order valence-electron chi connectivity index (χ1n) is 8.12. The van der Waals surface area contributed by atoms with Crippen LogP contribution in [0.4, 0.5) is 0 Å². The van der Waals surface area contributed by atoms with E-state index in [0.717, 1.165) is 38.2 Å². The number of rotatable bonds is 4. The van der Waals surface area contributed by atoms with Gasteiger partial charge in [-0.05, 0) is 48.4 Å². The standard InChI is InChI=1S/C21H17BrN2O/c1-14-7-9-18-19(11-14)24-21(23-18)17-12-16(22)8-10-20(17)25-13-15-5-3-2-4-6-15/h2-12H,13H2,1H3,(H,23,24). The minimum atomic E-state index is 0.523. The third-order valence-electron chi connectivity index (χ3n) is 4.07. The Morgan fingerprint density at radius 1 is 1.00 bits per heavy atom. The van der Waals surface area contributed by atoms with Crippen LogP contribution in [0.1, 0.15) is 11.1 Å². The average molecular weight is 393 g/mol. The van der Waals surface area contributed by atoms with Gasteiger partial charge in [0.1, 0.15) is 18.2 Å². The SMILES string of the molecule is Cc1ccc2nc(-c3cc(Br)ccc3OCc3ccccc3)[nH]c2c1. The highest BCUT2D eigenvalue weighted by atomic mass is 79.9. The van der Waals surface area contributed by atoms with Gasteiger partial charge in [-0.2, -0.15) is 0 Å². The van der Waals surface area contributed by atoms with Gasteiger partial charge in [-0.15, -0.1) is 0 Å². The molecule has 0 aliphatic rings. The number of nitrogens with one attached hydrogen (secondary N) is 1. The van der Waals surface area contributed by atoms with E-state index in [9.17, 15) is 0 Å². The van der Waals surface area contributed by atoms with Crippen molar-refractivity contribution in [3.63, 3.8) is 0 Å². The molecular weight excluding hydrogens is 376 g/mol. The van der Waals surface area contributed by atoms with Crippen LogP contribution in [0, 0.1) is 6.92 Å². The molecule has 0 fully saturated rings.